The summed E-state index contributed by atoms with van der Waals surface area (Å²) in [5, 5.41) is 11.9. The van der Waals surface area contributed by atoms with Crippen LogP contribution < -0.4 is 5.32 Å². The summed E-state index contributed by atoms with van der Waals surface area (Å²) in [5.74, 6) is -0.612. The third-order valence-electron chi connectivity index (χ3n) is 4.07. The van der Waals surface area contributed by atoms with Crippen molar-refractivity contribution in [2.24, 2.45) is 0 Å². The fourth-order valence-electron chi connectivity index (χ4n) is 2.73. The van der Waals surface area contributed by atoms with Gasteiger partial charge in [-0.15, -0.1) is 0 Å². The fraction of sp³-hybridized carbons (Fsp3) is 0.211. The Kier molecular flexibility index (Phi) is 4.88. The maximum Gasteiger partial charge on any atom is 0.305 e. The molecule has 1 amide bonds. The van der Waals surface area contributed by atoms with Gasteiger partial charge in [0.2, 0.25) is 5.89 Å². The van der Waals surface area contributed by atoms with E-state index in [1.165, 1.54) is 12.5 Å². The van der Waals surface area contributed by atoms with Crippen molar-refractivity contribution in [2.45, 2.75) is 26.3 Å². The number of aliphatic carboxylic acids is 1. The highest BCUT2D eigenvalue weighted by Crippen LogP contribution is 2.24. The topological polar surface area (TPSA) is 106 Å². The second kappa shape index (κ2) is 7.26. The van der Waals surface area contributed by atoms with E-state index in [1.807, 2.05) is 19.1 Å². The number of carboxylic acid groups (broad SMARTS) is 1. The SMILES string of the molecule is Cc1ccccc1[C@H](CC(=O)O)NC(=O)c1coc(-c2ccoc2C)n1. The van der Waals surface area contributed by atoms with E-state index < -0.39 is 17.9 Å². The molecule has 0 fully saturated rings. The van der Waals surface area contributed by atoms with E-state index in [4.69, 9.17) is 8.83 Å². The number of amides is 1. The van der Waals surface area contributed by atoms with Gasteiger partial charge in [0.15, 0.2) is 5.69 Å². The first kappa shape index (κ1) is 17.5. The molecule has 134 valence electrons. The van der Waals surface area contributed by atoms with E-state index in [-0.39, 0.29) is 18.0 Å². The van der Waals surface area contributed by atoms with Crippen LogP contribution in [0, 0.1) is 13.8 Å². The van der Waals surface area contributed by atoms with Crippen molar-refractivity contribution >= 4 is 11.9 Å². The van der Waals surface area contributed by atoms with Crippen LogP contribution in [-0.2, 0) is 4.79 Å². The molecule has 0 aliphatic heterocycles. The normalized spacial score (nSPS) is 11.9. The van der Waals surface area contributed by atoms with Gasteiger partial charge in [-0.1, -0.05) is 24.3 Å². The van der Waals surface area contributed by atoms with Crippen molar-refractivity contribution < 1.29 is 23.5 Å². The molecule has 0 spiro atoms. The molecule has 2 heterocycles. The predicted molar refractivity (Wildman–Crippen MR) is 92.6 cm³/mol. The van der Waals surface area contributed by atoms with Gasteiger partial charge in [0.05, 0.1) is 24.3 Å². The minimum absolute atomic E-state index is 0.0737. The molecular formula is C19H18N2O5. The zero-order valence-electron chi connectivity index (χ0n) is 14.4. The second-order valence-corrected chi connectivity index (χ2v) is 5.91. The molecule has 0 unspecified atom stereocenters. The lowest BCUT2D eigenvalue weighted by Gasteiger charge is -2.18. The van der Waals surface area contributed by atoms with Crippen LogP contribution in [0.3, 0.4) is 0 Å². The number of carbonyl (C=O) groups is 2. The molecule has 0 bridgehead atoms. The molecule has 0 saturated carbocycles. The highest BCUT2D eigenvalue weighted by atomic mass is 16.4. The van der Waals surface area contributed by atoms with Gasteiger partial charge in [0.25, 0.3) is 5.91 Å². The number of oxazole rings is 1. The fourth-order valence-corrected chi connectivity index (χ4v) is 2.73. The van der Waals surface area contributed by atoms with Crippen molar-refractivity contribution in [1.82, 2.24) is 10.3 Å². The Labute approximate surface area is 149 Å². The Bertz CT molecular complexity index is 941. The number of aromatic nitrogens is 1. The molecule has 0 aliphatic carbocycles. The van der Waals surface area contributed by atoms with Gasteiger partial charge in [-0.05, 0) is 31.0 Å². The maximum absolute atomic E-state index is 12.5. The van der Waals surface area contributed by atoms with Gasteiger partial charge < -0.3 is 19.3 Å². The van der Waals surface area contributed by atoms with E-state index in [9.17, 15) is 14.7 Å². The Morgan fingerprint density at radius 1 is 1.19 bits per heavy atom. The highest BCUT2D eigenvalue weighted by molar-refractivity contribution is 5.93. The molecule has 1 atom stereocenters. The third-order valence-corrected chi connectivity index (χ3v) is 4.07. The summed E-state index contributed by atoms with van der Waals surface area (Å²) < 4.78 is 10.6. The smallest absolute Gasteiger partial charge is 0.305 e. The Balaban J connectivity index is 1.82. The molecule has 0 saturated heterocycles. The first-order chi connectivity index (χ1) is 12.5. The van der Waals surface area contributed by atoms with E-state index in [2.05, 4.69) is 10.3 Å². The number of rotatable bonds is 6. The largest absolute Gasteiger partial charge is 0.481 e. The lowest BCUT2D eigenvalue weighted by atomic mass is 9.98. The summed E-state index contributed by atoms with van der Waals surface area (Å²) in [7, 11) is 0. The second-order valence-electron chi connectivity index (χ2n) is 5.91. The molecule has 0 radical (unpaired) electrons. The van der Waals surface area contributed by atoms with Gasteiger partial charge in [-0.3, -0.25) is 9.59 Å². The molecule has 0 aliphatic rings. The van der Waals surface area contributed by atoms with Crippen molar-refractivity contribution in [3.05, 3.63) is 65.4 Å². The van der Waals surface area contributed by atoms with Gasteiger partial charge in [-0.2, -0.15) is 0 Å². The van der Waals surface area contributed by atoms with Crippen LogP contribution in [-0.4, -0.2) is 22.0 Å². The molecular weight excluding hydrogens is 336 g/mol. The summed E-state index contributed by atoms with van der Waals surface area (Å²) in [4.78, 5) is 27.9. The zero-order valence-corrected chi connectivity index (χ0v) is 14.4. The Morgan fingerprint density at radius 2 is 1.96 bits per heavy atom. The van der Waals surface area contributed by atoms with E-state index in [0.717, 1.165) is 11.1 Å². The summed E-state index contributed by atoms with van der Waals surface area (Å²) in [6.45, 7) is 3.63. The summed E-state index contributed by atoms with van der Waals surface area (Å²) in [5.41, 5.74) is 2.38. The monoisotopic (exact) mass is 354 g/mol. The molecule has 26 heavy (non-hydrogen) atoms. The van der Waals surface area contributed by atoms with Gasteiger partial charge in [0.1, 0.15) is 12.0 Å². The van der Waals surface area contributed by atoms with Crippen LogP contribution in [0.2, 0.25) is 0 Å². The number of carbonyl (C=O) groups excluding carboxylic acids is 1. The number of aryl methyl sites for hydroxylation is 2. The highest BCUT2D eigenvalue weighted by Gasteiger charge is 2.23. The predicted octanol–water partition coefficient (Wildman–Crippen LogP) is 3.50. The Morgan fingerprint density at radius 3 is 2.62 bits per heavy atom. The molecule has 7 nitrogen and oxygen atoms in total. The van der Waals surface area contributed by atoms with Gasteiger partial charge in [0, 0.05) is 0 Å². The zero-order chi connectivity index (χ0) is 18.7. The first-order valence-corrected chi connectivity index (χ1v) is 8.04. The van der Waals surface area contributed by atoms with E-state index in [0.29, 0.717) is 11.3 Å². The van der Waals surface area contributed by atoms with Crippen molar-refractivity contribution in [1.29, 1.82) is 0 Å². The van der Waals surface area contributed by atoms with Gasteiger partial charge >= 0.3 is 5.97 Å². The minimum atomic E-state index is -1.01. The number of furan rings is 1. The number of carboxylic acids is 1. The number of nitrogens with one attached hydrogen (secondary N) is 1. The summed E-state index contributed by atoms with van der Waals surface area (Å²) in [6.07, 6.45) is 2.52. The number of benzene rings is 1. The molecule has 2 N–H and O–H groups in total. The third kappa shape index (κ3) is 3.66. The summed E-state index contributed by atoms with van der Waals surface area (Å²) >= 11 is 0. The quantitative estimate of drug-likeness (QED) is 0.702. The first-order valence-electron chi connectivity index (χ1n) is 8.04. The summed E-state index contributed by atoms with van der Waals surface area (Å²) in [6, 6.07) is 8.36. The van der Waals surface area contributed by atoms with Crippen LogP contribution in [0.15, 0.2) is 51.7 Å². The van der Waals surface area contributed by atoms with Crippen molar-refractivity contribution in [2.75, 3.05) is 0 Å². The lowest BCUT2D eigenvalue weighted by Crippen LogP contribution is -2.30. The molecule has 2 aromatic heterocycles. The Hall–Kier alpha value is -3.35. The lowest BCUT2D eigenvalue weighted by molar-refractivity contribution is -0.137. The standard InChI is InChI=1S/C19H18N2O5/c1-11-5-3-4-6-13(11)15(9-17(22)23)20-18(24)16-10-26-19(21-16)14-7-8-25-12(14)2/h3-8,10,15H,9H2,1-2H3,(H,20,24)(H,22,23)/t15-/m0/s1. The average molecular weight is 354 g/mol. The maximum atomic E-state index is 12.5. The van der Waals surface area contributed by atoms with Crippen molar-refractivity contribution in [3.63, 3.8) is 0 Å². The van der Waals surface area contributed by atoms with Crippen LogP contribution in [0.4, 0.5) is 0 Å². The molecule has 1 aromatic carbocycles. The average Bonchev–Trinajstić information content (AvgIpc) is 3.23. The number of nitrogens with zero attached hydrogens (tertiary/aromatic N) is 1. The number of hydrogen-bond acceptors (Lipinski definition) is 5. The van der Waals surface area contributed by atoms with Crippen LogP contribution >= 0.6 is 0 Å². The molecule has 7 heteroatoms. The minimum Gasteiger partial charge on any atom is -0.481 e. The van der Waals surface area contributed by atoms with Gasteiger partial charge in [-0.25, -0.2) is 4.98 Å². The molecule has 3 aromatic rings. The van der Waals surface area contributed by atoms with E-state index in [1.54, 1.807) is 25.1 Å². The van der Waals surface area contributed by atoms with E-state index >= 15 is 0 Å². The molecule has 3 rings (SSSR count). The number of hydrogen-bond donors (Lipinski definition) is 2. The van der Waals surface area contributed by atoms with Crippen LogP contribution in [0.5, 0.6) is 0 Å². The van der Waals surface area contributed by atoms with Crippen molar-refractivity contribution in [3.8, 4) is 11.5 Å². The van der Waals surface area contributed by atoms with Crippen LogP contribution in [0.1, 0.15) is 39.8 Å². The van der Waals surface area contributed by atoms with Crippen LogP contribution in [0.25, 0.3) is 11.5 Å².